The van der Waals surface area contributed by atoms with Crippen molar-refractivity contribution in [2.75, 3.05) is 6.61 Å². The highest BCUT2D eigenvalue weighted by Gasteiger charge is 2.22. The van der Waals surface area contributed by atoms with Gasteiger partial charge in [0.15, 0.2) is 5.57 Å². The Balaban J connectivity index is 2.31. The van der Waals surface area contributed by atoms with Gasteiger partial charge in [-0.2, -0.15) is 5.26 Å². The number of rotatable bonds is 4. The van der Waals surface area contributed by atoms with Crippen LogP contribution in [0.3, 0.4) is 0 Å². The van der Waals surface area contributed by atoms with Crippen molar-refractivity contribution < 1.29 is 9.53 Å². The van der Waals surface area contributed by atoms with E-state index >= 15 is 0 Å². The molecule has 0 fully saturated rings. The number of ether oxygens (including phenoxy) is 1. The first-order valence-corrected chi connectivity index (χ1v) is 7.44. The van der Waals surface area contributed by atoms with E-state index in [0.717, 1.165) is 0 Å². The minimum Gasteiger partial charge on any atom is -0.462 e. The molecule has 0 saturated heterocycles. The summed E-state index contributed by atoms with van der Waals surface area (Å²) in [5.74, 6) is -0.682. The summed E-state index contributed by atoms with van der Waals surface area (Å²) in [4.78, 5) is 12.3. The Kier molecular flexibility index (Phi) is 4.34. The molecule has 2 aromatic carbocycles. The number of hydrogen-bond donors (Lipinski definition) is 0. The van der Waals surface area contributed by atoms with Gasteiger partial charge < -0.3 is 4.74 Å². The summed E-state index contributed by atoms with van der Waals surface area (Å²) in [7, 11) is 0. The van der Waals surface area contributed by atoms with Crippen LogP contribution in [-0.4, -0.2) is 27.6 Å². The summed E-state index contributed by atoms with van der Waals surface area (Å²) < 4.78 is 6.53. The van der Waals surface area contributed by atoms with E-state index in [-0.39, 0.29) is 12.2 Å². The lowest BCUT2D eigenvalue weighted by molar-refractivity contribution is -0.137. The molecule has 0 radical (unpaired) electrons. The van der Waals surface area contributed by atoms with E-state index in [9.17, 15) is 10.1 Å². The fraction of sp³-hybridized carbons (Fsp3) is 0.111. The molecule has 24 heavy (non-hydrogen) atoms. The van der Waals surface area contributed by atoms with Crippen molar-refractivity contribution in [2.45, 2.75) is 6.92 Å². The van der Waals surface area contributed by atoms with Gasteiger partial charge >= 0.3 is 5.97 Å². The summed E-state index contributed by atoms with van der Waals surface area (Å²) >= 11 is 0. The number of nitriles is 1. The van der Waals surface area contributed by atoms with Crippen LogP contribution in [0, 0.1) is 11.3 Å². The molecule has 0 spiro atoms. The van der Waals surface area contributed by atoms with Gasteiger partial charge in [0.1, 0.15) is 11.6 Å². The van der Waals surface area contributed by atoms with Crippen molar-refractivity contribution in [3.05, 3.63) is 65.7 Å². The van der Waals surface area contributed by atoms with Gasteiger partial charge in [-0.25, -0.2) is 9.48 Å². The second-order valence-electron chi connectivity index (χ2n) is 4.91. The average molecular weight is 318 g/mol. The van der Waals surface area contributed by atoms with E-state index in [1.165, 1.54) is 4.68 Å². The molecule has 6 heteroatoms. The maximum atomic E-state index is 12.3. The fourth-order valence-electron chi connectivity index (χ4n) is 2.40. The summed E-state index contributed by atoms with van der Waals surface area (Å²) in [5, 5.41) is 17.8. The normalized spacial score (nSPS) is 11.7. The molecule has 0 amide bonds. The number of fused-ring (bicyclic) bond motifs is 1. The van der Waals surface area contributed by atoms with Crippen LogP contribution in [0.25, 0.3) is 16.7 Å². The summed E-state index contributed by atoms with van der Waals surface area (Å²) in [6.45, 7) is 1.88. The number of nitrogens with zero attached hydrogens (tertiary/aromatic N) is 4. The second kappa shape index (κ2) is 6.75. The lowest BCUT2D eigenvalue weighted by atomic mass is 10.1. The first kappa shape index (κ1) is 15.4. The minimum atomic E-state index is -0.682. The number of esters is 1. The molecule has 0 aliphatic carbocycles. The monoisotopic (exact) mass is 318 g/mol. The van der Waals surface area contributed by atoms with Crippen LogP contribution >= 0.6 is 0 Å². The van der Waals surface area contributed by atoms with Crippen LogP contribution in [0.2, 0.25) is 0 Å². The molecule has 0 atom stereocenters. The Hall–Kier alpha value is -3.46. The molecule has 0 N–H and O–H groups in total. The molecule has 0 aliphatic heterocycles. The molecule has 118 valence electrons. The third kappa shape index (κ3) is 2.75. The van der Waals surface area contributed by atoms with Crippen LogP contribution in [-0.2, 0) is 9.53 Å². The predicted octanol–water partition coefficient (Wildman–Crippen LogP) is 2.78. The van der Waals surface area contributed by atoms with E-state index in [1.54, 1.807) is 6.92 Å². The Bertz CT molecular complexity index is 952. The van der Waals surface area contributed by atoms with Gasteiger partial charge in [0, 0.05) is 5.56 Å². The van der Waals surface area contributed by atoms with Gasteiger partial charge in [-0.1, -0.05) is 47.7 Å². The predicted molar refractivity (Wildman–Crippen MR) is 88.5 cm³/mol. The quantitative estimate of drug-likeness (QED) is 0.420. The highest BCUT2D eigenvalue weighted by Crippen LogP contribution is 2.25. The van der Waals surface area contributed by atoms with Crippen LogP contribution in [0.4, 0.5) is 0 Å². The van der Waals surface area contributed by atoms with Crippen LogP contribution in [0.5, 0.6) is 0 Å². The Morgan fingerprint density at radius 3 is 2.58 bits per heavy atom. The standard InChI is InChI=1S/C18H14N4O2/c1-2-24-18(23)14(12-19)17(13-8-4-3-5-9-13)22-16-11-7-6-10-15(16)20-21-22/h3-11H,2H2,1H3/b17-14+. The van der Waals surface area contributed by atoms with E-state index in [0.29, 0.717) is 22.3 Å². The van der Waals surface area contributed by atoms with E-state index < -0.39 is 5.97 Å². The zero-order chi connectivity index (χ0) is 16.9. The number of carbonyl (C=O) groups excluding carboxylic acids is 1. The van der Waals surface area contributed by atoms with E-state index in [2.05, 4.69) is 10.3 Å². The second-order valence-corrected chi connectivity index (χ2v) is 4.91. The number of benzene rings is 2. The number of para-hydroxylation sites is 1. The highest BCUT2D eigenvalue weighted by atomic mass is 16.5. The third-order valence-electron chi connectivity index (χ3n) is 3.44. The topological polar surface area (TPSA) is 80.8 Å². The Labute approximate surface area is 138 Å². The van der Waals surface area contributed by atoms with E-state index in [1.807, 2.05) is 60.7 Å². The third-order valence-corrected chi connectivity index (χ3v) is 3.44. The minimum absolute atomic E-state index is 0.112. The van der Waals surface area contributed by atoms with Gasteiger partial charge in [-0.05, 0) is 19.1 Å². The molecule has 0 bridgehead atoms. The summed E-state index contributed by atoms with van der Waals surface area (Å²) in [6.07, 6.45) is 0. The highest BCUT2D eigenvalue weighted by molar-refractivity contribution is 6.02. The first-order chi connectivity index (χ1) is 11.8. The van der Waals surface area contributed by atoms with Crippen molar-refractivity contribution in [1.29, 1.82) is 5.26 Å². The lowest BCUT2D eigenvalue weighted by Crippen LogP contribution is -2.13. The van der Waals surface area contributed by atoms with Gasteiger partial charge in [-0.15, -0.1) is 5.10 Å². The molecular formula is C18H14N4O2. The maximum absolute atomic E-state index is 12.3. The van der Waals surface area contributed by atoms with Gasteiger partial charge in [0.25, 0.3) is 0 Å². The van der Waals surface area contributed by atoms with Crippen LogP contribution in [0.15, 0.2) is 60.2 Å². The molecule has 6 nitrogen and oxygen atoms in total. The van der Waals surface area contributed by atoms with E-state index in [4.69, 9.17) is 4.74 Å². The fourth-order valence-corrected chi connectivity index (χ4v) is 2.40. The molecule has 0 aliphatic rings. The first-order valence-electron chi connectivity index (χ1n) is 7.44. The van der Waals surface area contributed by atoms with Crippen LogP contribution < -0.4 is 0 Å². The molecular weight excluding hydrogens is 304 g/mol. The SMILES string of the molecule is CCOC(=O)/C(C#N)=C(\c1ccccc1)n1nnc2ccccc21. The zero-order valence-corrected chi connectivity index (χ0v) is 13.0. The number of hydrogen-bond acceptors (Lipinski definition) is 5. The largest absolute Gasteiger partial charge is 0.462 e. The molecule has 0 unspecified atom stereocenters. The van der Waals surface area contributed by atoms with Gasteiger partial charge in [-0.3, -0.25) is 0 Å². The van der Waals surface area contributed by atoms with Crippen molar-refractivity contribution in [1.82, 2.24) is 15.0 Å². The summed E-state index contributed by atoms with van der Waals surface area (Å²) in [5.41, 5.74) is 2.29. The summed E-state index contributed by atoms with van der Waals surface area (Å²) in [6, 6.07) is 18.4. The maximum Gasteiger partial charge on any atom is 0.351 e. The zero-order valence-electron chi connectivity index (χ0n) is 13.0. The molecule has 1 aromatic heterocycles. The molecule has 1 heterocycles. The Morgan fingerprint density at radius 1 is 1.17 bits per heavy atom. The van der Waals surface area contributed by atoms with Crippen molar-refractivity contribution >= 4 is 22.7 Å². The van der Waals surface area contributed by atoms with Crippen LogP contribution in [0.1, 0.15) is 12.5 Å². The number of carbonyl (C=O) groups is 1. The van der Waals surface area contributed by atoms with Gasteiger partial charge in [0.2, 0.25) is 0 Å². The lowest BCUT2D eigenvalue weighted by Gasteiger charge is -2.11. The molecule has 0 saturated carbocycles. The van der Waals surface area contributed by atoms with Crippen molar-refractivity contribution in [2.24, 2.45) is 0 Å². The molecule has 3 rings (SSSR count). The van der Waals surface area contributed by atoms with Crippen molar-refractivity contribution in [3.8, 4) is 6.07 Å². The van der Waals surface area contributed by atoms with Gasteiger partial charge in [0.05, 0.1) is 17.8 Å². The Morgan fingerprint density at radius 2 is 1.88 bits per heavy atom. The number of aromatic nitrogens is 3. The smallest absolute Gasteiger partial charge is 0.351 e. The molecule has 3 aromatic rings. The van der Waals surface area contributed by atoms with Crippen molar-refractivity contribution in [3.63, 3.8) is 0 Å². The average Bonchev–Trinajstić information content (AvgIpc) is 3.04.